The maximum absolute atomic E-state index is 12.9. The summed E-state index contributed by atoms with van der Waals surface area (Å²) in [5, 5.41) is 1.03. The van der Waals surface area contributed by atoms with Crippen LogP contribution in [0.15, 0.2) is 83.7 Å². The molecule has 0 unspecified atom stereocenters. The van der Waals surface area contributed by atoms with Crippen LogP contribution in [0.25, 0.3) is 10.9 Å². The fourth-order valence-electron chi connectivity index (χ4n) is 4.13. The van der Waals surface area contributed by atoms with Gasteiger partial charge in [-0.15, -0.1) is 0 Å². The smallest absolute Gasteiger partial charge is 0.252 e. The topological polar surface area (TPSA) is 45.3 Å². The number of ether oxygens (including phenoxy) is 1. The first kappa shape index (κ1) is 20.9. The predicted molar refractivity (Wildman–Crippen MR) is 127 cm³/mol. The van der Waals surface area contributed by atoms with Crippen LogP contribution >= 0.6 is 0 Å². The molecule has 4 nitrogen and oxygen atoms in total. The molecule has 1 N–H and O–H groups in total. The van der Waals surface area contributed by atoms with Crippen molar-refractivity contribution in [2.75, 3.05) is 13.7 Å². The number of nitrogens with zero attached hydrogens (tertiary/aromatic N) is 1. The third kappa shape index (κ3) is 4.86. The van der Waals surface area contributed by atoms with Crippen LogP contribution in [0.4, 0.5) is 0 Å². The zero-order valence-corrected chi connectivity index (χ0v) is 18.1. The van der Waals surface area contributed by atoms with E-state index in [0.717, 1.165) is 41.7 Å². The van der Waals surface area contributed by atoms with Gasteiger partial charge in [0.15, 0.2) is 0 Å². The normalized spacial score (nSPS) is 11.2. The van der Waals surface area contributed by atoms with Gasteiger partial charge in [0.1, 0.15) is 5.75 Å². The molecule has 0 saturated carbocycles. The van der Waals surface area contributed by atoms with Crippen molar-refractivity contribution < 1.29 is 4.74 Å². The zero-order valence-electron chi connectivity index (χ0n) is 18.1. The van der Waals surface area contributed by atoms with E-state index in [0.29, 0.717) is 12.2 Å². The fourth-order valence-corrected chi connectivity index (χ4v) is 4.13. The van der Waals surface area contributed by atoms with Crippen LogP contribution in [0.2, 0.25) is 0 Å². The number of pyridine rings is 1. The van der Waals surface area contributed by atoms with E-state index in [9.17, 15) is 4.79 Å². The molecule has 4 rings (SSSR count). The molecular formula is C27H28N2O2. The maximum atomic E-state index is 12.9. The number of aromatic amines is 1. The van der Waals surface area contributed by atoms with Gasteiger partial charge in [0.05, 0.1) is 12.6 Å². The highest BCUT2D eigenvalue weighted by Gasteiger charge is 2.14. The average molecular weight is 413 g/mol. The number of aryl methyl sites for hydroxylation is 1. The second-order valence-electron chi connectivity index (χ2n) is 7.87. The largest absolute Gasteiger partial charge is 0.495 e. The van der Waals surface area contributed by atoms with Gasteiger partial charge < -0.3 is 9.72 Å². The molecule has 3 aromatic carbocycles. The summed E-state index contributed by atoms with van der Waals surface area (Å²) >= 11 is 0. The molecule has 0 aliphatic carbocycles. The summed E-state index contributed by atoms with van der Waals surface area (Å²) in [6, 6.07) is 26.8. The molecule has 4 heteroatoms. The lowest BCUT2D eigenvalue weighted by molar-refractivity contribution is 0.259. The lowest BCUT2D eigenvalue weighted by atomic mass is 10.0. The number of fused-ring (bicyclic) bond motifs is 1. The number of hydrogen-bond acceptors (Lipinski definition) is 3. The van der Waals surface area contributed by atoms with Crippen LogP contribution in [0, 0.1) is 6.92 Å². The van der Waals surface area contributed by atoms with Gasteiger partial charge >= 0.3 is 0 Å². The van der Waals surface area contributed by atoms with Crippen molar-refractivity contribution >= 4 is 10.9 Å². The first-order valence-corrected chi connectivity index (χ1v) is 10.6. The number of para-hydroxylation sites is 1. The van der Waals surface area contributed by atoms with Crippen LogP contribution in [0.3, 0.4) is 0 Å². The van der Waals surface area contributed by atoms with Crippen molar-refractivity contribution in [3.8, 4) is 5.75 Å². The lowest BCUT2D eigenvalue weighted by Gasteiger charge is -2.23. The molecule has 0 aliphatic rings. The van der Waals surface area contributed by atoms with Gasteiger partial charge in [-0.05, 0) is 36.1 Å². The Morgan fingerprint density at radius 2 is 1.45 bits per heavy atom. The first-order valence-electron chi connectivity index (χ1n) is 10.6. The summed E-state index contributed by atoms with van der Waals surface area (Å²) in [6.07, 6.45) is 0.688. The summed E-state index contributed by atoms with van der Waals surface area (Å²) in [6.45, 7) is 4.51. The van der Waals surface area contributed by atoms with E-state index in [1.165, 1.54) is 11.1 Å². The zero-order chi connectivity index (χ0) is 21.6. The van der Waals surface area contributed by atoms with Crippen molar-refractivity contribution in [3.05, 3.63) is 111 Å². The molecule has 1 heterocycles. The minimum absolute atomic E-state index is 0.0335. The Morgan fingerprint density at radius 3 is 2.03 bits per heavy atom. The number of rotatable bonds is 8. The number of nitrogens with one attached hydrogen (secondary N) is 1. The molecule has 31 heavy (non-hydrogen) atoms. The Balaban J connectivity index is 1.60. The molecule has 0 atom stereocenters. The fraction of sp³-hybridized carbons (Fsp3) is 0.222. The third-order valence-electron chi connectivity index (χ3n) is 5.79. The van der Waals surface area contributed by atoms with Crippen LogP contribution in [0.1, 0.15) is 22.3 Å². The van der Waals surface area contributed by atoms with Gasteiger partial charge in [-0.3, -0.25) is 9.69 Å². The first-order chi connectivity index (χ1) is 15.2. The Hall–Kier alpha value is -3.37. The molecule has 0 radical (unpaired) electrons. The monoisotopic (exact) mass is 412 g/mol. The second kappa shape index (κ2) is 9.63. The van der Waals surface area contributed by atoms with E-state index >= 15 is 0 Å². The molecule has 0 aliphatic heterocycles. The molecule has 0 amide bonds. The highest BCUT2D eigenvalue weighted by Crippen LogP contribution is 2.26. The Bertz CT molecular complexity index is 1160. The summed E-state index contributed by atoms with van der Waals surface area (Å²) < 4.78 is 5.43. The lowest BCUT2D eigenvalue weighted by Crippen LogP contribution is -2.27. The number of hydrogen-bond donors (Lipinski definition) is 1. The van der Waals surface area contributed by atoms with Gasteiger partial charge in [0.2, 0.25) is 0 Å². The molecular weight excluding hydrogens is 384 g/mol. The molecule has 0 fully saturated rings. The van der Waals surface area contributed by atoms with E-state index in [4.69, 9.17) is 4.74 Å². The molecule has 0 bridgehead atoms. The quantitative estimate of drug-likeness (QED) is 0.438. The average Bonchev–Trinajstić information content (AvgIpc) is 2.80. The van der Waals surface area contributed by atoms with Gasteiger partial charge in [0.25, 0.3) is 5.56 Å². The molecule has 4 aromatic rings. The summed E-state index contributed by atoms with van der Waals surface area (Å²) in [5.41, 5.74) is 5.14. The molecule has 158 valence electrons. The number of benzene rings is 3. The summed E-state index contributed by atoms with van der Waals surface area (Å²) in [5.74, 6) is 0.694. The Morgan fingerprint density at radius 1 is 0.839 bits per heavy atom. The minimum Gasteiger partial charge on any atom is -0.495 e. The van der Waals surface area contributed by atoms with E-state index in [1.807, 2.05) is 37.3 Å². The minimum atomic E-state index is -0.0335. The van der Waals surface area contributed by atoms with E-state index in [-0.39, 0.29) is 5.56 Å². The second-order valence-corrected chi connectivity index (χ2v) is 7.87. The van der Waals surface area contributed by atoms with Crippen LogP contribution in [0.5, 0.6) is 5.75 Å². The van der Waals surface area contributed by atoms with Gasteiger partial charge in [-0.25, -0.2) is 0 Å². The van der Waals surface area contributed by atoms with Crippen molar-refractivity contribution in [2.24, 2.45) is 0 Å². The van der Waals surface area contributed by atoms with Crippen molar-refractivity contribution in [2.45, 2.75) is 26.4 Å². The van der Waals surface area contributed by atoms with Crippen LogP contribution in [-0.2, 0) is 19.5 Å². The highest BCUT2D eigenvalue weighted by atomic mass is 16.5. The number of methoxy groups -OCH3 is 1. The maximum Gasteiger partial charge on any atom is 0.252 e. The summed E-state index contributed by atoms with van der Waals surface area (Å²) in [7, 11) is 1.63. The predicted octanol–water partition coefficient (Wildman–Crippen LogP) is 5.09. The van der Waals surface area contributed by atoms with E-state index in [2.05, 4.69) is 58.4 Å². The van der Waals surface area contributed by atoms with Crippen molar-refractivity contribution in [1.29, 1.82) is 0 Å². The van der Waals surface area contributed by atoms with Gasteiger partial charge in [-0.2, -0.15) is 0 Å². The Kier molecular flexibility index (Phi) is 6.48. The molecule has 0 spiro atoms. The summed E-state index contributed by atoms with van der Waals surface area (Å²) in [4.78, 5) is 18.4. The highest BCUT2D eigenvalue weighted by molar-refractivity contribution is 5.87. The van der Waals surface area contributed by atoms with Crippen LogP contribution in [-0.4, -0.2) is 23.5 Å². The van der Waals surface area contributed by atoms with E-state index < -0.39 is 0 Å². The van der Waals surface area contributed by atoms with Gasteiger partial charge in [-0.1, -0.05) is 72.8 Å². The SMILES string of the molecule is COc1cccc2c(C)c(CCN(Cc3ccccc3)Cc3ccccc3)c(=O)[nH]c12. The van der Waals surface area contributed by atoms with E-state index in [1.54, 1.807) is 7.11 Å². The molecule has 1 aromatic heterocycles. The van der Waals surface area contributed by atoms with Crippen LogP contribution < -0.4 is 10.3 Å². The van der Waals surface area contributed by atoms with Crippen molar-refractivity contribution in [1.82, 2.24) is 9.88 Å². The number of aromatic nitrogens is 1. The standard InChI is InChI=1S/C27H28N2O2/c1-20-23-14-9-15-25(31-2)26(23)28-27(30)24(20)16-17-29(18-21-10-5-3-6-11-21)19-22-12-7-4-8-13-22/h3-15H,16-19H2,1-2H3,(H,28,30). The van der Waals surface area contributed by atoms with Gasteiger partial charge in [0, 0.05) is 30.6 Å². The Labute approximate surface area is 183 Å². The third-order valence-corrected chi connectivity index (χ3v) is 5.79. The van der Waals surface area contributed by atoms with Crippen molar-refractivity contribution in [3.63, 3.8) is 0 Å². The molecule has 0 saturated heterocycles. The number of H-pyrrole nitrogens is 1.